The number of anilines is 1. The number of aryl methyl sites for hydroxylation is 1. The highest BCUT2D eigenvalue weighted by Crippen LogP contribution is 2.23. The molecule has 72 valence electrons. The summed E-state index contributed by atoms with van der Waals surface area (Å²) in [6, 6.07) is 6.67. The predicted molar refractivity (Wildman–Crippen MR) is 56.3 cm³/mol. The molecule has 0 fully saturated rings. The van der Waals surface area contributed by atoms with Gasteiger partial charge in [0.1, 0.15) is 5.58 Å². The van der Waals surface area contributed by atoms with Crippen LogP contribution in [0.25, 0.3) is 11.0 Å². The molecular weight excluding hydrogens is 178 g/mol. The lowest BCUT2D eigenvalue weighted by Crippen LogP contribution is -1.98. The van der Waals surface area contributed by atoms with E-state index >= 15 is 0 Å². The van der Waals surface area contributed by atoms with E-state index in [2.05, 4.69) is 0 Å². The normalized spacial score (nSPS) is 10.6. The summed E-state index contributed by atoms with van der Waals surface area (Å²) in [5.41, 5.74) is 7.86. The molecule has 1 heterocycles. The van der Waals surface area contributed by atoms with Crippen molar-refractivity contribution in [2.24, 2.45) is 0 Å². The Kier molecular flexibility index (Phi) is 2.00. The lowest BCUT2D eigenvalue weighted by molar-refractivity contribution is 0.561. The third kappa shape index (κ3) is 1.27. The second-order valence-corrected chi connectivity index (χ2v) is 3.15. The number of hydrogen-bond donors (Lipinski definition) is 1. The van der Waals surface area contributed by atoms with Crippen LogP contribution in [0.4, 0.5) is 5.69 Å². The molecule has 3 heteroatoms. The van der Waals surface area contributed by atoms with Crippen LogP contribution in [0.2, 0.25) is 0 Å². The van der Waals surface area contributed by atoms with E-state index in [-0.39, 0.29) is 5.63 Å². The Morgan fingerprint density at radius 1 is 1.29 bits per heavy atom. The zero-order valence-corrected chi connectivity index (χ0v) is 7.91. The van der Waals surface area contributed by atoms with E-state index in [0.717, 1.165) is 23.1 Å². The summed E-state index contributed by atoms with van der Waals surface area (Å²) < 4.78 is 5.05. The molecule has 0 spiro atoms. The molecule has 0 amide bonds. The molecular formula is C11H11NO2. The van der Waals surface area contributed by atoms with Crippen LogP contribution >= 0.6 is 0 Å². The topological polar surface area (TPSA) is 56.2 Å². The van der Waals surface area contributed by atoms with Crippen LogP contribution in [0.3, 0.4) is 0 Å². The molecule has 0 unspecified atom stereocenters. The SMILES string of the molecule is CCc1c(N)ccc2oc(=O)ccc12. The van der Waals surface area contributed by atoms with Crippen LogP contribution in [0, 0.1) is 0 Å². The monoisotopic (exact) mass is 189 g/mol. The van der Waals surface area contributed by atoms with Gasteiger partial charge in [-0.3, -0.25) is 0 Å². The van der Waals surface area contributed by atoms with Gasteiger partial charge in [-0.25, -0.2) is 4.79 Å². The molecule has 0 aliphatic carbocycles. The van der Waals surface area contributed by atoms with E-state index < -0.39 is 0 Å². The smallest absolute Gasteiger partial charge is 0.336 e. The Hall–Kier alpha value is -1.77. The minimum atomic E-state index is -0.329. The minimum Gasteiger partial charge on any atom is -0.423 e. The van der Waals surface area contributed by atoms with Gasteiger partial charge in [0.2, 0.25) is 0 Å². The number of hydrogen-bond acceptors (Lipinski definition) is 3. The Morgan fingerprint density at radius 2 is 2.07 bits per heavy atom. The first-order valence-electron chi connectivity index (χ1n) is 4.53. The summed E-state index contributed by atoms with van der Waals surface area (Å²) in [5.74, 6) is 0. The Labute approximate surface area is 81.1 Å². The molecule has 0 saturated carbocycles. The van der Waals surface area contributed by atoms with Gasteiger partial charge in [-0.15, -0.1) is 0 Å². The summed E-state index contributed by atoms with van der Waals surface area (Å²) in [6.07, 6.45) is 0.830. The molecule has 2 rings (SSSR count). The van der Waals surface area contributed by atoms with Gasteiger partial charge < -0.3 is 10.2 Å². The van der Waals surface area contributed by atoms with Crippen molar-refractivity contribution in [3.8, 4) is 0 Å². The lowest BCUT2D eigenvalue weighted by Gasteiger charge is -2.05. The number of benzene rings is 1. The van der Waals surface area contributed by atoms with Gasteiger partial charge in [0.05, 0.1) is 0 Å². The summed E-state index contributed by atoms with van der Waals surface area (Å²) in [4.78, 5) is 11.0. The van der Waals surface area contributed by atoms with E-state index in [9.17, 15) is 4.79 Å². The van der Waals surface area contributed by atoms with Crippen LogP contribution in [0.5, 0.6) is 0 Å². The second-order valence-electron chi connectivity index (χ2n) is 3.15. The second kappa shape index (κ2) is 3.18. The molecule has 0 saturated heterocycles. The maximum Gasteiger partial charge on any atom is 0.336 e. The Morgan fingerprint density at radius 3 is 2.79 bits per heavy atom. The number of nitrogens with two attached hydrogens (primary N) is 1. The largest absolute Gasteiger partial charge is 0.423 e. The van der Waals surface area contributed by atoms with Crippen LogP contribution in [-0.2, 0) is 6.42 Å². The van der Waals surface area contributed by atoms with Crippen molar-refractivity contribution < 1.29 is 4.42 Å². The molecule has 0 atom stereocenters. The molecule has 3 nitrogen and oxygen atoms in total. The van der Waals surface area contributed by atoms with Crippen LogP contribution < -0.4 is 11.4 Å². The number of fused-ring (bicyclic) bond motifs is 1. The van der Waals surface area contributed by atoms with Crippen molar-refractivity contribution in [2.75, 3.05) is 5.73 Å². The molecule has 1 aromatic carbocycles. The zero-order valence-electron chi connectivity index (χ0n) is 7.91. The molecule has 0 bridgehead atoms. The number of nitrogen functional groups attached to an aromatic ring is 1. The summed E-state index contributed by atoms with van der Waals surface area (Å²) in [6.45, 7) is 2.02. The highest BCUT2D eigenvalue weighted by Gasteiger charge is 2.04. The van der Waals surface area contributed by atoms with Crippen molar-refractivity contribution in [3.63, 3.8) is 0 Å². The average molecular weight is 189 g/mol. The standard InChI is InChI=1S/C11H11NO2/c1-2-7-8-3-6-11(13)14-10(8)5-4-9(7)12/h3-6H,2,12H2,1H3. The molecule has 0 radical (unpaired) electrons. The third-order valence-corrected chi connectivity index (χ3v) is 2.30. The maximum atomic E-state index is 11.0. The highest BCUT2D eigenvalue weighted by atomic mass is 16.4. The van der Waals surface area contributed by atoms with Gasteiger partial charge in [0.15, 0.2) is 0 Å². The number of rotatable bonds is 1. The van der Waals surface area contributed by atoms with Crippen molar-refractivity contribution in [2.45, 2.75) is 13.3 Å². The van der Waals surface area contributed by atoms with Gasteiger partial charge in [-0.2, -0.15) is 0 Å². The highest BCUT2D eigenvalue weighted by molar-refractivity contribution is 5.85. The van der Waals surface area contributed by atoms with Gasteiger partial charge in [-0.1, -0.05) is 6.92 Å². The quantitative estimate of drug-likeness (QED) is 0.551. The van der Waals surface area contributed by atoms with E-state index in [0.29, 0.717) is 5.58 Å². The van der Waals surface area contributed by atoms with E-state index in [1.54, 1.807) is 18.2 Å². The Balaban J connectivity index is 2.88. The summed E-state index contributed by atoms with van der Waals surface area (Å²) >= 11 is 0. The fraction of sp³-hybridized carbons (Fsp3) is 0.182. The fourth-order valence-corrected chi connectivity index (χ4v) is 1.62. The molecule has 2 aromatic rings. The van der Waals surface area contributed by atoms with Crippen LogP contribution in [-0.4, -0.2) is 0 Å². The lowest BCUT2D eigenvalue weighted by atomic mass is 10.1. The molecule has 0 aliphatic rings. The van der Waals surface area contributed by atoms with E-state index in [4.69, 9.17) is 10.2 Å². The first-order valence-corrected chi connectivity index (χ1v) is 4.53. The summed E-state index contributed by atoms with van der Waals surface area (Å²) in [5, 5.41) is 0.923. The molecule has 14 heavy (non-hydrogen) atoms. The van der Waals surface area contributed by atoms with Gasteiger partial charge in [0, 0.05) is 17.1 Å². The van der Waals surface area contributed by atoms with E-state index in [1.807, 2.05) is 6.92 Å². The maximum absolute atomic E-state index is 11.0. The molecule has 1 aromatic heterocycles. The van der Waals surface area contributed by atoms with Gasteiger partial charge >= 0.3 is 5.63 Å². The molecule has 2 N–H and O–H groups in total. The van der Waals surface area contributed by atoms with Crippen molar-refractivity contribution >= 4 is 16.7 Å². The zero-order chi connectivity index (χ0) is 10.1. The first-order chi connectivity index (χ1) is 6.72. The van der Waals surface area contributed by atoms with Crippen molar-refractivity contribution in [1.82, 2.24) is 0 Å². The average Bonchev–Trinajstić information content (AvgIpc) is 2.18. The van der Waals surface area contributed by atoms with Crippen molar-refractivity contribution in [3.05, 3.63) is 40.2 Å². The third-order valence-electron chi connectivity index (χ3n) is 2.30. The Bertz CT molecular complexity index is 528. The van der Waals surface area contributed by atoms with Gasteiger partial charge in [0.25, 0.3) is 0 Å². The summed E-state index contributed by atoms with van der Waals surface area (Å²) in [7, 11) is 0. The first kappa shape index (κ1) is 8.81. The van der Waals surface area contributed by atoms with E-state index in [1.165, 1.54) is 6.07 Å². The minimum absolute atomic E-state index is 0.329. The van der Waals surface area contributed by atoms with Gasteiger partial charge in [-0.05, 0) is 30.2 Å². The fourth-order valence-electron chi connectivity index (χ4n) is 1.62. The predicted octanol–water partition coefficient (Wildman–Crippen LogP) is 1.94. The van der Waals surface area contributed by atoms with Crippen LogP contribution in [0.15, 0.2) is 33.5 Å². The van der Waals surface area contributed by atoms with Crippen LogP contribution in [0.1, 0.15) is 12.5 Å². The molecule has 0 aliphatic heterocycles. The van der Waals surface area contributed by atoms with Crippen molar-refractivity contribution in [1.29, 1.82) is 0 Å².